The average molecular weight is 224 g/mol. The Bertz CT molecular complexity index is 456. The lowest BCUT2D eigenvalue weighted by atomic mass is 10.2. The summed E-state index contributed by atoms with van der Waals surface area (Å²) in [6.07, 6.45) is 2.59. The van der Waals surface area contributed by atoms with Gasteiger partial charge in [-0.25, -0.2) is 9.97 Å². The van der Waals surface area contributed by atoms with Crippen molar-refractivity contribution in [3.05, 3.63) is 16.5 Å². The predicted molar refractivity (Wildman–Crippen MR) is 56.1 cm³/mol. The molecular formula is C10H10ClN3O. The van der Waals surface area contributed by atoms with Gasteiger partial charge in [-0.1, -0.05) is 11.6 Å². The number of amides is 1. The summed E-state index contributed by atoms with van der Waals surface area (Å²) in [5.74, 6) is 1.98. The van der Waals surface area contributed by atoms with E-state index < -0.39 is 0 Å². The van der Waals surface area contributed by atoms with Crippen molar-refractivity contribution in [1.29, 1.82) is 0 Å². The SMILES string of the molecule is CN1C(=O)Cc2c(Cl)nc(C3CC3)nc21. The van der Waals surface area contributed by atoms with E-state index in [1.807, 2.05) is 0 Å². The van der Waals surface area contributed by atoms with Gasteiger partial charge in [0.2, 0.25) is 5.91 Å². The molecule has 1 aliphatic heterocycles. The number of aromatic nitrogens is 2. The number of likely N-dealkylation sites (N-methyl/N-ethyl adjacent to an activating group) is 1. The third kappa shape index (κ3) is 1.32. The number of nitrogens with zero attached hydrogens (tertiary/aromatic N) is 3. The van der Waals surface area contributed by atoms with Gasteiger partial charge >= 0.3 is 0 Å². The molecular weight excluding hydrogens is 214 g/mol. The molecule has 0 aromatic carbocycles. The van der Waals surface area contributed by atoms with E-state index in [1.165, 1.54) is 0 Å². The molecule has 5 heteroatoms. The lowest BCUT2D eigenvalue weighted by Crippen LogP contribution is -2.21. The molecule has 1 fully saturated rings. The molecule has 2 heterocycles. The van der Waals surface area contributed by atoms with E-state index in [9.17, 15) is 4.79 Å². The maximum absolute atomic E-state index is 11.5. The van der Waals surface area contributed by atoms with Crippen molar-refractivity contribution in [1.82, 2.24) is 9.97 Å². The van der Waals surface area contributed by atoms with Crippen LogP contribution in [0.1, 0.15) is 30.1 Å². The Morgan fingerprint density at radius 3 is 2.80 bits per heavy atom. The summed E-state index contributed by atoms with van der Waals surface area (Å²) in [7, 11) is 1.73. The van der Waals surface area contributed by atoms with Crippen molar-refractivity contribution in [2.45, 2.75) is 25.2 Å². The fraction of sp³-hybridized carbons (Fsp3) is 0.500. The average Bonchev–Trinajstić information content (AvgIpc) is 2.99. The van der Waals surface area contributed by atoms with Crippen molar-refractivity contribution < 1.29 is 4.79 Å². The molecule has 1 aliphatic carbocycles. The zero-order chi connectivity index (χ0) is 10.6. The molecule has 0 saturated heterocycles. The third-order valence-corrected chi connectivity index (χ3v) is 3.23. The lowest BCUT2D eigenvalue weighted by Gasteiger charge is -2.10. The first-order chi connectivity index (χ1) is 7.16. The molecule has 0 atom stereocenters. The molecule has 78 valence electrons. The van der Waals surface area contributed by atoms with Crippen LogP contribution in [0, 0.1) is 0 Å². The highest BCUT2D eigenvalue weighted by atomic mass is 35.5. The first-order valence-corrected chi connectivity index (χ1v) is 5.37. The zero-order valence-electron chi connectivity index (χ0n) is 8.33. The summed E-state index contributed by atoms with van der Waals surface area (Å²) in [6, 6.07) is 0. The van der Waals surface area contributed by atoms with E-state index in [0.717, 1.165) is 24.2 Å². The number of hydrogen-bond donors (Lipinski definition) is 0. The van der Waals surface area contributed by atoms with Crippen LogP contribution in [-0.4, -0.2) is 22.9 Å². The lowest BCUT2D eigenvalue weighted by molar-refractivity contribution is -0.117. The molecule has 1 aromatic rings. The van der Waals surface area contributed by atoms with Crippen LogP contribution in [0.4, 0.5) is 5.82 Å². The van der Waals surface area contributed by atoms with Gasteiger partial charge < -0.3 is 0 Å². The molecule has 0 bridgehead atoms. The number of halogens is 1. The molecule has 4 nitrogen and oxygen atoms in total. The molecule has 0 N–H and O–H groups in total. The Morgan fingerprint density at radius 1 is 1.40 bits per heavy atom. The van der Waals surface area contributed by atoms with Gasteiger partial charge in [0.05, 0.1) is 6.42 Å². The number of hydrogen-bond acceptors (Lipinski definition) is 3. The molecule has 1 saturated carbocycles. The van der Waals surface area contributed by atoms with Crippen LogP contribution >= 0.6 is 11.6 Å². The van der Waals surface area contributed by atoms with E-state index in [1.54, 1.807) is 11.9 Å². The molecule has 0 spiro atoms. The first kappa shape index (κ1) is 9.09. The van der Waals surface area contributed by atoms with Crippen LogP contribution in [0.25, 0.3) is 0 Å². The van der Waals surface area contributed by atoms with Crippen LogP contribution in [0.3, 0.4) is 0 Å². The number of anilines is 1. The summed E-state index contributed by atoms with van der Waals surface area (Å²) >= 11 is 6.05. The summed E-state index contributed by atoms with van der Waals surface area (Å²) in [6.45, 7) is 0. The Morgan fingerprint density at radius 2 is 2.13 bits per heavy atom. The van der Waals surface area contributed by atoms with E-state index in [0.29, 0.717) is 23.3 Å². The van der Waals surface area contributed by atoms with Crippen LogP contribution < -0.4 is 4.90 Å². The molecule has 2 aliphatic rings. The van der Waals surface area contributed by atoms with Gasteiger partial charge in [0.1, 0.15) is 16.8 Å². The molecule has 0 radical (unpaired) electrons. The third-order valence-electron chi connectivity index (χ3n) is 2.91. The highest BCUT2D eigenvalue weighted by Crippen LogP contribution is 2.41. The fourth-order valence-electron chi connectivity index (χ4n) is 1.80. The summed E-state index contributed by atoms with van der Waals surface area (Å²) in [5.41, 5.74) is 0.772. The summed E-state index contributed by atoms with van der Waals surface area (Å²) in [4.78, 5) is 21.7. The second kappa shape index (κ2) is 2.92. The van der Waals surface area contributed by atoms with Crippen molar-refractivity contribution in [3.63, 3.8) is 0 Å². The molecule has 1 aromatic heterocycles. The number of carbonyl (C=O) groups is 1. The van der Waals surface area contributed by atoms with Gasteiger partial charge in [-0.15, -0.1) is 0 Å². The smallest absolute Gasteiger partial charge is 0.232 e. The largest absolute Gasteiger partial charge is 0.299 e. The normalized spacial score (nSPS) is 19.6. The van der Waals surface area contributed by atoms with Gasteiger partial charge in [-0.2, -0.15) is 0 Å². The molecule has 0 unspecified atom stereocenters. The second-order valence-corrected chi connectivity index (χ2v) is 4.44. The first-order valence-electron chi connectivity index (χ1n) is 4.99. The summed E-state index contributed by atoms with van der Waals surface area (Å²) < 4.78 is 0. The zero-order valence-corrected chi connectivity index (χ0v) is 9.08. The van der Waals surface area contributed by atoms with Crippen molar-refractivity contribution in [2.75, 3.05) is 11.9 Å². The second-order valence-electron chi connectivity index (χ2n) is 4.08. The van der Waals surface area contributed by atoms with Gasteiger partial charge in [-0.3, -0.25) is 9.69 Å². The number of fused-ring (bicyclic) bond motifs is 1. The van der Waals surface area contributed by atoms with Crippen molar-refractivity contribution in [3.8, 4) is 0 Å². The van der Waals surface area contributed by atoms with Gasteiger partial charge in [-0.05, 0) is 12.8 Å². The van der Waals surface area contributed by atoms with Crippen LogP contribution in [0.5, 0.6) is 0 Å². The molecule has 1 amide bonds. The Balaban J connectivity index is 2.13. The topological polar surface area (TPSA) is 46.1 Å². The minimum absolute atomic E-state index is 0.0362. The van der Waals surface area contributed by atoms with E-state index in [4.69, 9.17) is 11.6 Å². The van der Waals surface area contributed by atoms with Crippen molar-refractivity contribution >= 4 is 23.3 Å². The van der Waals surface area contributed by atoms with E-state index >= 15 is 0 Å². The highest BCUT2D eigenvalue weighted by molar-refractivity contribution is 6.31. The number of rotatable bonds is 1. The Hall–Kier alpha value is -1.16. The van der Waals surface area contributed by atoms with Crippen LogP contribution in [-0.2, 0) is 11.2 Å². The minimum atomic E-state index is 0.0362. The fourth-order valence-corrected chi connectivity index (χ4v) is 2.04. The standard InChI is InChI=1S/C10H10ClN3O/c1-14-7(15)4-6-8(11)12-9(5-2-3-5)13-10(6)14/h5H,2-4H2,1H3. The number of carbonyl (C=O) groups excluding carboxylic acids is 1. The Labute approximate surface area is 92.3 Å². The maximum atomic E-state index is 11.5. The van der Waals surface area contributed by atoms with Gasteiger partial charge in [0, 0.05) is 18.5 Å². The maximum Gasteiger partial charge on any atom is 0.232 e. The summed E-state index contributed by atoms with van der Waals surface area (Å²) in [5, 5.41) is 0.444. The van der Waals surface area contributed by atoms with Gasteiger partial charge in [0.15, 0.2) is 0 Å². The Kier molecular flexibility index (Phi) is 1.77. The highest BCUT2D eigenvalue weighted by Gasteiger charge is 2.33. The van der Waals surface area contributed by atoms with E-state index in [-0.39, 0.29) is 5.91 Å². The van der Waals surface area contributed by atoms with Crippen LogP contribution in [0.15, 0.2) is 0 Å². The molecule has 3 rings (SSSR count). The minimum Gasteiger partial charge on any atom is -0.299 e. The van der Waals surface area contributed by atoms with Crippen molar-refractivity contribution in [2.24, 2.45) is 0 Å². The quantitative estimate of drug-likeness (QED) is 0.679. The predicted octanol–water partition coefficient (Wildman–Crippen LogP) is 1.53. The van der Waals surface area contributed by atoms with Crippen LogP contribution in [0.2, 0.25) is 5.15 Å². The van der Waals surface area contributed by atoms with Gasteiger partial charge in [0.25, 0.3) is 0 Å². The van der Waals surface area contributed by atoms with E-state index in [2.05, 4.69) is 9.97 Å². The molecule has 15 heavy (non-hydrogen) atoms. The monoisotopic (exact) mass is 223 g/mol.